The molecular formula is C20H21N3O2. The zero-order chi connectivity index (χ0) is 17.2. The fourth-order valence-corrected chi connectivity index (χ4v) is 3.80. The molecule has 25 heavy (non-hydrogen) atoms. The van der Waals surface area contributed by atoms with E-state index in [0.29, 0.717) is 18.7 Å². The van der Waals surface area contributed by atoms with Crippen molar-refractivity contribution in [2.75, 3.05) is 24.5 Å². The topological polar surface area (TPSA) is 53.5 Å². The highest BCUT2D eigenvalue weighted by Crippen LogP contribution is 2.30. The van der Waals surface area contributed by atoms with Gasteiger partial charge >= 0.3 is 0 Å². The molecule has 0 bridgehead atoms. The summed E-state index contributed by atoms with van der Waals surface area (Å²) >= 11 is 0. The van der Waals surface area contributed by atoms with E-state index in [0.717, 1.165) is 31.5 Å². The van der Waals surface area contributed by atoms with Crippen molar-refractivity contribution in [2.24, 2.45) is 5.92 Å². The minimum absolute atomic E-state index is 0.0154. The van der Waals surface area contributed by atoms with Gasteiger partial charge in [-0.3, -0.25) is 14.6 Å². The summed E-state index contributed by atoms with van der Waals surface area (Å²) in [6, 6.07) is 11.3. The molecular weight excluding hydrogens is 314 g/mol. The van der Waals surface area contributed by atoms with Crippen LogP contribution in [0.3, 0.4) is 0 Å². The lowest BCUT2D eigenvalue weighted by Crippen LogP contribution is -2.46. The van der Waals surface area contributed by atoms with Gasteiger partial charge in [-0.25, -0.2) is 0 Å². The molecule has 0 radical (unpaired) electrons. The molecule has 1 fully saturated rings. The van der Waals surface area contributed by atoms with E-state index in [1.807, 2.05) is 46.2 Å². The number of amides is 2. The smallest absolute Gasteiger partial charge is 0.253 e. The van der Waals surface area contributed by atoms with Crippen LogP contribution < -0.4 is 4.90 Å². The third-order valence-electron chi connectivity index (χ3n) is 5.13. The fraction of sp³-hybridized carbons (Fsp3) is 0.350. The van der Waals surface area contributed by atoms with Crippen molar-refractivity contribution < 1.29 is 9.59 Å². The summed E-state index contributed by atoms with van der Waals surface area (Å²) in [6.07, 6.45) is 6.12. The molecule has 0 N–H and O–H groups in total. The number of likely N-dealkylation sites (tertiary alicyclic amines) is 1. The van der Waals surface area contributed by atoms with Gasteiger partial charge in [-0.1, -0.05) is 18.2 Å². The Balaban J connectivity index is 1.48. The van der Waals surface area contributed by atoms with E-state index in [2.05, 4.69) is 4.98 Å². The third kappa shape index (κ3) is 3.02. The van der Waals surface area contributed by atoms with Gasteiger partial charge in [0, 0.05) is 31.4 Å². The van der Waals surface area contributed by atoms with Crippen LogP contribution in [0.2, 0.25) is 0 Å². The van der Waals surface area contributed by atoms with Gasteiger partial charge in [0.2, 0.25) is 5.91 Å². The van der Waals surface area contributed by atoms with Crippen LogP contribution in [-0.2, 0) is 11.2 Å². The second-order valence-electron chi connectivity index (χ2n) is 6.70. The van der Waals surface area contributed by atoms with E-state index in [-0.39, 0.29) is 17.7 Å². The lowest BCUT2D eigenvalue weighted by Gasteiger charge is -2.34. The van der Waals surface area contributed by atoms with E-state index < -0.39 is 0 Å². The largest absolute Gasteiger partial charge is 0.338 e. The molecule has 0 saturated carbocycles. The number of piperidine rings is 1. The quantitative estimate of drug-likeness (QED) is 0.847. The highest BCUT2D eigenvalue weighted by molar-refractivity contribution is 5.98. The maximum Gasteiger partial charge on any atom is 0.253 e. The van der Waals surface area contributed by atoms with E-state index in [1.54, 1.807) is 12.4 Å². The van der Waals surface area contributed by atoms with Crippen LogP contribution in [0, 0.1) is 5.92 Å². The molecule has 1 aromatic carbocycles. The molecule has 2 aliphatic rings. The summed E-state index contributed by atoms with van der Waals surface area (Å²) in [7, 11) is 0. The number of aromatic nitrogens is 1. The molecule has 2 amide bonds. The first-order valence-electron chi connectivity index (χ1n) is 8.82. The summed E-state index contributed by atoms with van der Waals surface area (Å²) in [4.78, 5) is 33.5. The Bertz CT molecular complexity index is 791. The first-order chi connectivity index (χ1) is 12.2. The van der Waals surface area contributed by atoms with Gasteiger partial charge in [0.05, 0.1) is 17.8 Å². The number of hydrogen-bond acceptors (Lipinski definition) is 3. The van der Waals surface area contributed by atoms with Crippen LogP contribution in [0.15, 0.2) is 48.8 Å². The van der Waals surface area contributed by atoms with Crippen molar-refractivity contribution >= 4 is 17.5 Å². The minimum atomic E-state index is -0.132. The van der Waals surface area contributed by atoms with E-state index in [1.165, 1.54) is 5.56 Å². The average molecular weight is 335 g/mol. The molecule has 5 nitrogen and oxygen atoms in total. The normalized spacial score (nSPS) is 19.6. The molecule has 2 aliphatic heterocycles. The molecule has 128 valence electrons. The second kappa shape index (κ2) is 6.67. The number of carbonyl (C=O) groups is 2. The van der Waals surface area contributed by atoms with Crippen molar-refractivity contribution in [3.05, 3.63) is 59.9 Å². The number of anilines is 1. The fourth-order valence-electron chi connectivity index (χ4n) is 3.80. The molecule has 0 spiro atoms. The van der Waals surface area contributed by atoms with Gasteiger partial charge in [0.25, 0.3) is 5.91 Å². The number of hydrogen-bond donors (Lipinski definition) is 0. The Morgan fingerprint density at radius 2 is 1.92 bits per heavy atom. The molecule has 0 unspecified atom stereocenters. The highest BCUT2D eigenvalue weighted by Gasteiger charge is 2.34. The molecule has 3 heterocycles. The van der Waals surface area contributed by atoms with Gasteiger partial charge in [-0.15, -0.1) is 0 Å². The standard InChI is InChI=1S/C20H21N3O2/c24-19(16-5-2-1-3-6-16)22-11-4-7-17(14-22)20(25)23-12-9-15-8-10-21-13-18(15)23/h1-3,5-6,8,10,13,17H,4,7,9,11-12,14H2/t17-/m1/s1. The number of fused-ring (bicyclic) bond motifs is 1. The van der Waals surface area contributed by atoms with Gasteiger partial charge in [0.1, 0.15) is 0 Å². The van der Waals surface area contributed by atoms with Gasteiger partial charge in [-0.2, -0.15) is 0 Å². The SMILES string of the molecule is O=C(c1ccccc1)N1CCC[C@@H](C(=O)N2CCc3ccncc32)C1. The predicted octanol–water partition coefficient (Wildman–Crippen LogP) is 2.52. The minimum Gasteiger partial charge on any atom is -0.338 e. The van der Waals surface area contributed by atoms with E-state index >= 15 is 0 Å². The molecule has 4 rings (SSSR count). The summed E-state index contributed by atoms with van der Waals surface area (Å²) in [5.74, 6) is 0.00599. The Morgan fingerprint density at radius 1 is 1.08 bits per heavy atom. The Labute approximate surface area is 147 Å². The van der Waals surface area contributed by atoms with Crippen LogP contribution in [-0.4, -0.2) is 41.3 Å². The lowest BCUT2D eigenvalue weighted by atomic mass is 9.95. The van der Waals surface area contributed by atoms with Crippen LogP contribution in [0.25, 0.3) is 0 Å². The molecule has 1 aromatic heterocycles. The Hall–Kier alpha value is -2.69. The number of benzene rings is 1. The molecule has 1 atom stereocenters. The molecule has 0 aliphatic carbocycles. The highest BCUT2D eigenvalue weighted by atomic mass is 16.2. The van der Waals surface area contributed by atoms with E-state index in [9.17, 15) is 9.59 Å². The number of pyridine rings is 1. The van der Waals surface area contributed by atoms with Crippen molar-refractivity contribution in [3.63, 3.8) is 0 Å². The maximum atomic E-state index is 13.0. The van der Waals surface area contributed by atoms with Crippen LogP contribution in [0.1, 0.15) is 28.8 Å². The van der Waals surface area contributed by atoms with E-state index in [4.69, 9.17) is 0 Å². The van der Waals surface area contributed by atoms with Crippen LogP contribution in [0.5, 0.6) is 0 Å². The van der Waals surface area contributed by atoms with Crippen molar-refractivity contribution in [1.82, 2.24) is 9.88 Å². The monoisotopic (exact) mass is 335 g/mol. The van der Waals surface area contributed by atoms with Gasteiger partial charge in [0.15, 0.2) is 0 Å². The third-order valence-corrected chi connectivity index (χ3v) is 5.13. The summed E-state index contributed by atoms with van der Waals surface area (Å²) in [5.41, 5.74) is 2.79. The predicted molar refractivity (Wildman–Crippen MR) is 95.4 cm³/mol. The van der Waals surface area contributed by atoms with Gasteiger partial charge in [-0.05, 0) is 43.0 Å². The average Bonchev–Trinajstić information content (AvgIpc) is 3.12. The summed E-state index contributed by atoms with van der Waals surface area (Å²) < 4.78 is 0. The lowest BCUT2D eigenvalue weighted by molar-refractivity contribution is -0.123. The molecule has 2 aromatic rings. The van der Waals surface area contributed by atoms with Crippen molar-refractivity contribution in [2.45, 2.75) is 19.3 Å². The van der Waals surface area contributed by atoms with Gasteiger partial charge < -0.3 is 9.80 Å². The first kappa shape index (κ1) is 15.8. The first-order valence-corrected chi connectivity index (χ1v) is 8.82. The Morgan fingerprint density at radius 3 is 2.76 bits per heavy atom. The van der Waals surface area contributed by atoms with Crippen LogP contribution in [0.4, 0.5) is 5.69 Å². The van der Waals surface area contributed by atoms with Crippen molar-refractivity contribution in [3.8, 4) is 0 Å². The number of rotatable bonds is 2. The molecule has 1 saturated heterocycles. The molecule has 5 heteroatoms. The summed E-state index contributed by atoms with van der Waals surface area (Å²) in [6.45, 7) is 1.93. The summed E-state index contributed by atoms with van der Waals surface area (Å²) in [5, 5.41) is 0. The number of carbonyl (C=O) groups excluding carboxylic acids is 2. The number of nitrogens with zero attached hydrogens (tertiary/aromatic N) is 3. The maximum absolute atomic E-state index is 13.0. The van der Waals surface area contributed by atoms with Crippen molar-refractivity contribution in [1.29, 1.82) is 0 Å². The van der Waals surface area contributed by atoms with Crippen LogP contribution >= 0.6 is 0 Å². The zero-order valence-corrected chi connectivity index (χ0v) is 14.1. The zero-order valence-electron chi connectivity index (χ0n) is 14.1. The Kier molecular flexibility index (Phi) is 4.22. The second-order valence-corrected chi connectivity index (χ2v) is 6.70.